The second kappa shape index (κ2) is 3.24. The smallest absolute Gasteiger partial charge is 0.173 e. The van der Waals surface area contributed by atoms with Gasteiger partial charge in [-0.25, -0.2) is 4.99 Å². The zero-order valence-corrected chi connectivity index (χ0v) is 8.33. The van der Waals surface area contributed by atoms with E-state index < -0.39 is 6.23 Å². The molecule has 2 aliphatic heterocycles. The Hall–Kier alpha value is -1.55. The van der Waals surface area contributed by atoms with E-state index in [0.717, 1.165) is 30.7 Å². The van der Waals surface area contributed by atoms with Crippen LogP contribution in [0, 0.1) is 0 Å². The molecule has 1 aliphatic carbocycles. The normalized spacial score (nSPS) is 28.2. The van der Waals surface area contributed by atoms with Gasteiger partial charge in [0.2, 0.25) is 0 Å². The number of nitrogens with one attached hydrogen (secondary N) is 2. The zero-order chi connectivity index (χ0) is 10.3. The van der Waals surface area contributed by atoms with E-state index in [9.17, 15) is 5.11 Å². The van der Waals surface area contributed by atoms with Gasteiger partial charge in [-0.15, -0.1) is 0 Å². The maximum Gasteiger partial charge on any atom is 0.173 e. The average molecular weight is 203 g/mol. The number of rotatable bonds is 0. The lowest BCUT2D eigenvalue weighted by Crippen LogP contribution is -2.37. The van der Waals surface area contributed by atoms with Crippen molar-refractivity contribution in [2.75, 3.05) is 0 Å². The van der Waals surface area contributed by atoms with Crippen LogP contribution in [0.3, 0.4) is 0 Å². The van der Waals surface area contributed by atoms with Gasteiger partial charge in [0.1, 0.15) is 5.82 Å². The Bertz CT molecular complexity index is 418. The van der Waals surface area contributed by atoms with E-state index in [0.29, 0.717) is 0 Å². The minimum atomic E-state index is -0.696. The van der Waals surface area contributed by atoms with Gasteiger partial charge in [0.25, 0.3) is 0 Å². The summed E-state index contributed by atoms with van der Waals surface area (Å²) in [6.07, 6.45) is 8.25. The van der Waals surface area contributed by atoms with Crippen LogP contribution in [0.2, 0.25) is 0 Å². The largest absolute Gasteiger partial charge is 0.368 e. The second-order valence-electron chi connectivity index (χ2n) is 3.92. The minimum absolute atomic E-state index is 0.696. The third-order valence-electron chi connectivity index (χ3n) is 2.95. The topological polar surface area (TPSA) is 56.7 Å². The first-order valence-corrected chi connectivity index (χ1v) is 5.20. The Labute approximate surface area is 88.1 Å². The minimum Gasteiger partial charge on any atom is -0.368 e. The van der Waals surface area contributed by atoms with E-state index in [1.807, 2.05) is 0 Å². The molecular formula is C11H13N3O. The highest BCUT2D eigenvalue weighted by Crippen LogP contribution is 2.31. The summed E-state index contributed by atoms with van der Waals surface area (Å²) in [7, 11) is 0. The van der Waals surface area contributed by atoms with Crippen LogP contribution >= 0.6 is 0 Å². The van der Waals surface area contributed by atoms with Gasteiger partial charge in [-0.1, -0.05) is 12.2 Å². The highest BCUT2D eigenvalue weighted by Gasteiger charge is 2.26. The predicted molar refractivity (Wildman–Crippen MR) is 57.8 cm³/mol. The fourth-order valence-electron chi connectivity index (χ4n) is 2.15. The van der Waals surface area contributed by atoms with Crippen LogP contribution in [0.15, 0.2) is 39.8 Å². The maximum absolute atomic E-state index is 9.71. The van der Waals surface area contributed by atoms with Crippen LogP contribution in [-0.2, 0) is 0 Å². The molecule has 0 radical (unpaired) electrons. The standard InChI is InChI=1S/C11H13N3O/c15-11-8-5-7-3-1-2-4-9(7)14-10(8)12-6-13-11/h3-4,6,11,14-15H,1-2,5H2,(H,12,13). The molecule has 15 heavy (non-hydrogen) atoms. The van der Waals surface area contributed by atoms with E-state index in [1.165, 1.54) is 17.6 Å². The van der Waals surface area contributed by atoms with Crippen molar-refractivity contribution in [1.82, 2.24) is 10.6 Å². The molecule has 4 heteroatoms. The molecular weight excluding hydrogens is 190 g/mol. The van der Waals surface area contributed by atoms with Crippen LogP contribution in [0.25, 0.3) is 0 Å². The Kier molecular flexibility index (Phi) is 1.89. The summed E-state index contributed by atoms with van der Waals surface area (Å²) < 4.78 is 0. The first-order chi connectivity index (χ1) is 7.34. The van der Waals surface area contributed by atoms with Crippen LogP contribution in [-0.4, -0.2) is 17.7 Å². The molecule has 0 amide bonds. The molecule has 2 heterocycles. The van der Waals surface area contributed by atoms with E-state index in [4.69, 9.17) is 0 Å². The third-order valence-corrected chi connectivity index (χ3v) is 2.95. The second-order valence-corrected chi connectivity index (χ2v) is 3.92. The summed E-state index contributed by atoms with van der Waals surface area (Å²) in [5.41, 5.74) is 3.38. The molecule has 3 aliphatic rings. The molecule has 4 nitrogen and oxygen atoms in total. The quantitative estimate of drug-likeness (QED) is 0.544. The first kappa shape index (κ1) is 8.73. The summed E-state index contributed by atoms with van der Waals surface area (Å²) in [4.78, 5) is 3.93. The van der Waals surface area contributed by atoms with Crippen LogP contribution in [0.4, 0.5) is 0 Å². The van der Waals surface area contributed by atoms with Gasteiger partial charge in [-0.2, -0.15) is 0 Å². The van der Waals surface area contributed by atoms with Crippen molar-refractivity contribution >= 4 is 6.34 Å². The highest BCUT2D eigenvalue weighted by atomic mass is 16.3. The molecule has 0 bridgehead atoms. The molecule has 0 fully saturated rings. The van der Waals surface area contributed by atoms with Crippen molar-refractivity contribution in [2.45, 2.75) is 25.5 Å². The molecule has 0 aromatic carbocycles. The Morgan fingerprint density at radius 3 is 3.13 bits per heavy atom. The molecule has 3 rings (SSSR count). The number of aliphatic hydroxyl groups is 1. The molecule has 0 saturated heterocycles. The van der Waals surface area contributed by atoms with Gasteiger partial charge in [0.15, 0.2) is 6.23 Å². The molecule has 0 aromatic rings. The van der Waals surface area contributed by atoms with Gasteiger partial charge in [-0.05, 0) is 18.4 Å². The van der Waals surface area contributed by atoms with E-state index in [-0.39, 0.29) is 0 Å². The molecule has 1 unspecified atom stereocenters. The number of hydrogen-bond donors (Lipinski definition) is 3. The summed E-state index contributed by atoms with van der Waals surface area (Å²) in [6, 6.07) is 0. The SMILES string of the molecule is OC1N=CNC2=C1CC1=CCCC=C1N2. The third kappa shape index (κ3) is 1.37. The van der Waals surface area contributed by atoms with Gasteiger partial charge in [0, 0.05) is 17.7 Å². The van der Waals surface area contributed by atoms with E-state index in [2.05, 4.69) is 27.8 Å². The zero-order valence-electron chi connectivity index (χ0n) is 8.33. The lowest BCUT2D eigenvalue weighted by atomic mass is 9.92. The molecule has 1 atom stereocenters. The number of aliphatic hydroxyl groups excluding tert-OH is 1. The molecule has 78 valence electrons. The summed E-state index contributed by atoms with van der Waals surface area (Å²) in [6.45, 7) is 0. The van der Waals surface area contributed by atoms with Crippen molar-refractivity contribution < 1.29 is 5.11 Å². The number of allylic oxidation sites excluding steroid dienone is 3. The molecule has 0 saturated carbocycles. The van der Waals surface area contributed by atoms with Crippen molar-refractivity contribution in [3.05, 3.63) is 34.8 Å². The number of nitrogens with zero attached hydrogens (tertiary/aromatic N) is 1. The van der Waals surface area contributed by atoms with Gasteiger partial charge < -0.3 is 15.7 Å². The molecule has 0 spiro atoms. The fraction of sp³-hybridized carbons (Fsp3) is 0.364. The number of fused-ring (bicyclic) bond motifs is 1. The summed E-state index contributed by atoms with van der Waals surface area (Å²) in [5, 5.41) is 16.0. The van der Waals surface area contributed by atoms with Crippen molar-refractivity contribution in [3.63, 3.8) is 0 Å². The van der Waals surface area contributed by atoms with Gasteiger partial charge in [0.05, 0.1) is 6.34 Å². The number of hydrogen-bond acceptors (Lipinski definition) is 4. The number of aliphatic imine (C=N–C) groups is 1. The van der Waals surface area contributed by atoms with E-state index in [1.54, 1.807) is 0 Å². The summed E-state index contributed by atoms with van der Waals surface area (Å²) in [5.74, 6) is 0.891. The molecule has 3 N–H and O–H groups in total. The lowest BCUT2D eigenvalue weighted by Gasteiger charge is -2.31. The van der Waals surface area contributed by atoms with E-state index >= 15 is 0 Å². The fourth-order valence-corrected chi connectivity index (χ4v) is 2.15. The summed E-state index contributed by atoms with van der Waals surface area (Å²) >= 11 is 0. The van der Waals surface area contributed by atoms with Crippen molar-refractivity contribution in [2.24, 2.45) is 4.99 Å². The molecule has 0 aromatic heterocycles. The maximum atomic E-state index is 9.71. The Morgan fingerprint density at radius 1 is 1.33 bits per heavy atom. The Morgan fingerprint density at radius 2 is 2.20 bits per heavy atom. The van der Waals surface area contributed by atoms with Gasteiger partial charge >= 0.3 is 0 Å². The van der Waals surface area contributed by atoms with Crippen molar-refractivity contribution in [1.29, 1.82) is 0 Å². The highest BCUT2D eigenvalue weighted by molar-refractivity contribution is 5.62. The lowest BCUT2D eigenvalue weighted by molar-refractivity contribution is 0.212. The monoisotopic (exact) mass is 203 g/mol. The average Bonchev–Trinajstić information content (AvgIpc) is 2.27. The Balaban J connectivity index is 1.97. The van der Waals surface area contributed by atoms with Crippen LogP contribution < -0.4 is 10.6 Å². The first-order valence-electron chi connectivity index (χ1n) is 5.20. The van der Waals surface area contributed by atoms with Crippen LogP contribution in [0.1, 0.15) is 19.3 Å². The van der Waals surface area contributed by atoms with Crippen molar-refractivity contribution in [3.8, 4) is 0 Å². The van der Waals surface area contributed by atoms with Crippen LogP contribution in [0.5, 0.6) is 0 Å². The predicted octanol–water partition coefficient (Wildman–Crippen LogP) is 0.745. The van der Waals surface area contributed by atoms with Gasteiger partial charge in [-0.3, -0.25) is 0 Å².